The molecule has 0 radical (unpaired) electrons. The third-order valence-corrected chi connectivity index (χ3v) is 2.66. The minimum atomic E-state index is -0.899. The van der Waals surface area contributed by atoms with Gasteiger partial charge in [-0.05, 0) is 32.6 Å². The molecule has 4 nitrogen and oxygen atoms in total. The van der Waals surface area contributed by atoms with Gasteiger partial charge in [-0.3, -0.25) is 0 Å². The van der Waals surface area contributed by atoms with Crippen molar-refractivity contribution in [1.29, 1.82) is 0 Å². The Morgan fingerprint density at radius 1 is 1.43 bits per heavy atom. The maximum absolute atomic E-state index is 10.6. The second kappa shape index (κ2) is 5.32. The highest BCUT2D eigenvalue weighted by molar-refractivity contribution is 5.71. The lowest BCUT2D eigenvalue weighted by Gasteiger charge is -2.29. The van der Waals surface area contributed by atoms with E-state index in [-0.39, 0.29) is 12.2 Å². The molecule has 0 amide bonds. The van der Waals surface area contributed by atoms with Crippen LogP contribution in [-0.4, -0.2) is 36.5 Å². The van der Waals surface area contributed by atoms with Gasteiger partial charge in [0.05, 0.1) is 12.2 Å². The molecule has 1 aliphatic rings. The van der Waals surface area contributed by atoms with Gasteiger partial charge in [-0.2, -0.15) is 0 Å². The predicted octanol–water partition coefficient (Wildman–Crippen LogP) is 1.43. The molecule has 3 atom stereocenters. The molecule has 1 N–H and O–H groups in total. The number of hydrogen-bond donors (Lipinski definition) is 1. The Morgan fingerprint density at radius 2 is 2.07 bits per heavy atom. The predicted molar refractivity (Wildman–Crippen MR) is 51.2 cm³/mol. The van der Waals surface area contributed by atoms with E-state index in [2.05, 4.69) is 0 Å². The summed E-state index contributed by atoms with van der Waals surface area (Å²) in [7, 11) is 1.69. The smallest absolute Gasteiger partial charge is 0.332 e. The van der Waals surface area contributed by atoms with Crippen molar-refractivity contribution in [3.05, 3.63) is 0 Å². The summed E-state index contributed by atoms with van der Waals surface area (Å²) in [6, 6.07) is 0. The molecule has 82 valence electrons. The molecule has 1 rings (SSSR count). The summed E-state index contributed by atoms with van der Waals surface area (Å²) >= 11 is 0. The van der Waals surface area contributed by atoms with Crippen LogP contribution >= 0.6 is 0 Å². The standard InChI is InChI=1S/C10H18O4/c1-7(10(11)12)14-9-5-3-4-8(6-9)13-2/h7-9H,3-6H2,1-2H3,(H,11,12)/t7-,8?,9?/m0/s1. The maximum Gasteiger partial charge on any atom is 0.332 e. The zero-order chi connectivity index (χ0) is 10.6. The Kier molecular flexibility index (Phi) is 4.35. The average molecular weight is 202 g/mol. The maximum atomic E-state index is 10.6. The minimum Gasteiger partial charge on any atom is -0.479 e. The number of aliphatic carboxylic acids is 1. The normalized spacial score (nSPS) is 29.9. The fourth-order valence-corrected chi connectivity index (χ4v) is 1.79. The van der Waals surface area contributed by atoms with Gasteiger partial charge in [0.25, 0.3) is 0 Å². The lowest BCUT2D eigenvalue weighted by Crippen LogP contribution is -2.32. The van der Waals surface area contributed by atoms with Crippen LogP contribution in [0, 0.1) is 0 Å². The molecule has 2 unspecified atom stereocenters. The van der Waals surface area contributed by atoms with Gasteiger partial charge in [0.15, 0.2) is 6.10 Å². The van der Waals surface area contributed by atoms with Crippen LogP contribution < -0.4 is 0 Å². The Balaban J connectivity index is 2.33. The van der Waals surface area contributed by atoms with Gasteiger partial charge in [-0.15, -0.1) is 0 Å². The molecule has 0 bridgehead atoms. The SMILES string of the molecule is COC1CCCC(O[C@@H](C)C(=O)O)C1. The first kappa shape index (κ1) is 11.5. The third-order valence-electron chi connectivity index (χ3n) is 2.66. The lowest BCUT2D eigenvalue weighted by molar-refractivity contribution is -0.155. The van der Waals surface area contributed by atoms with Crippen LogP contribution in [-0.2, 0) is 14.3 Å². The van der Waals surface area contributed by atoms with Crippen LogP contribution in [0.25, 0.3) is 0 Å². The zero-order valence-electron chi connectivity index (χ0n) is 8.73. The van der Waals surface area contributed by atoms with E-state index in [0.29, 0.717) is 0 Å². The van der Waals surface area contributed by atoms with Crippen molar-refractivity contribution in [3.8, 4) is 0 Å². The number of ether oxygens (including phenoxy) is 2. The lowest BCUT2D eigenvalue weighted by atomic mass is 9.95. The van der Waals surface area contributed by atoms with Crippen molar-refractivity contribution in [1.82, 2.24) is 0 Å². The van der Waals surface area contributed by atoms with E-state index in [1.165, 1.54) is 0 Å². The molecule has 14 heavy (non-hydrogen) atoms. The van der Waals surface area contributed by atoms with Crippen LogP contribution in [0.2, 0.25) is 0 Å². The second-order valence-corrected chi connectivity index (χ2v) is 3.76. The number of methoxy groups -OCH3 is 1. The first-order valence-corrected chi connectivity index (χ1v) is 5.04. The number of carboxylic acids is 1. The highest BCUT2D eigenvalue weighted by Gasteiger charge is 2.25. The van der Waals surface area contributed by atoms with Crippen molar-refractivity contribution < 1.29 is 19.4 Å². The first-order chi connectivity index (χ1) is 6.63. The van der Waals surface area contributed by atoms with Gasteiger partial charge in [-0.1, -0.05) is 0 Å². The molecule has 4 heteroatoms. The number of hydrogen-bond acceptors (Lipinski definition) is 3. The quantitative estimate of drug-likeness (QED) is 0.749. The Labute approximate surface area is 84.2 Å². The fourth-order valence-electron chi connectivity index (χ4n) is 1.79. The van der Waals surface area contributed by atoms with E-state index in [4.69, 9.17) is 14.6 Å². The third kappa shape index (κ3) is 3.27. The Hall–Kier alpha value is -0.610. The molecule has 1 saturated carbocycles. The van der Waals surface area contributed by atoms with E-state index in [1.54, 1.807) is 14.0 Å². The highest BCUT2D eigenvalue weighted by atomic mass is 16.5. The zero-order valence-corrected chi connectivity index (χ0v) is 8.73. The number of carbonyl (C=O) groups is 1. The van der Waals surface area contributed by atoms with E-state index < -0.39 is 12.1 Å². The molecular weight excluding hydrogens is 184 g/mol. The average Bonchev–Trinajstić information content (AvgIpc) is 2.18. The molecule has 1 fully saturated rings. The van der Waals surface area contributed by atoms with Crippen molar-refractivity contribution in [2.24, 2.45) is 0 Å². The summed E-state index contributed by atoms with van der Waals surface area (Å²) in [6.07, 6.45) is 3.42. The van der Waals surface area contributed by atoms with Crippen LogP contribution in [0.4, 0.5) is 0 Å². The Morgan fingerprint density at radius 3 is 2.64 bits per heavy atom. The minimum absolute atomic E-state index is 0.0415. The molecule has 0 heterocycles. The van der Waals surface area contributed by atoms with Crippen LogP contribution in [0.1, 0.15) is 32.6 Å². The van der Waals surface area contributed by atoms with Crippen molar-refractivity contribution in [2.45, 2.75) is 50.9 Å². The molecule has 0 aromatic carbocycles. The monoisotopic (exact) mass is 202 g/mol. The van der Waals surface area contributed by atoms with E-state index in [9.17, 15) is 4.79 Å². The van der Waals surface area contributed by atoms with Gasteiger partial charge >= 0.3 is 5.97 Å². The second-order valence-electron chi connectivity index (χ2n) is 3.76. The molecule has 0 spiro atoms. The van der Waals surface area contributed by atoms with Crippen molar-refractivity contribution >= 4 is 5.97 Å². The molecule has 0 saturated heterocycles. The highest BCUT2D eigenvalue weighted by Crippen LogP contribution is 2.23. The summed E-state index contributed by atoms with van der Waals surface area (Å²) in [5, 5.41) is 8.68. The van der Waals surface area contributed by atoms with Gasteiger partial charge in [0, 0.05) is 7.11 Å². The first-order valence-electron chi connectivity index (χ1n) is 5.04. The van der Waals surface area contributed by atoms with Gasteiger partial charge < -0.3 is 14.6 Å². The van der Waals surface area contributed by atoms with Gasteiger partial charge in [0.1, 0.15) is 0 Å². The molecule has 0 aromatic rings. The van der Waals surface area contributed by atoms with Gasteiger partial charge in [-0.25, -0.2) is 4.79 Å². The van der Waals surface area contributed by atoms with Crippen LogP contribution in [0.3, 0.4) is 0 Å². The van der Waals surface area contributed by atoms with E-state index in [0.717, 1.165) is 25.7 Å². The topological polar surface area (TPSA) is 55.8 Å². The largest absolute Gasteiger partial charge is 0.479 e. The van der Waals surface area contributed by atoms with Crippen LogP contribution in [0.15, 0.2) is 0 Å². The summed E-state index contributed by atoms with van der Waals surface area (Å²) in [4.78, 5) is 10.6. The molecule has 1 aliphatic carbocycles. The fraction of sp³-hybridized carbons (Fsp3) is 0.900. The van der Waals surface area contributed by atoms with Gasteiger partial charge in [0.2, 0.25) is 0 Å². The number of carboxylic acid groups (broad SMARTS) is 1. The van der Waals surface area contributed by atoms with E-state index >= 15 is 0 Å². The summed E-state index contributed by atoms with van der Waals surface area (Å²) < 4.78 is 10.6. The van der Waals surface area contributed by atoms with Crippen LogP contribution in [0.5, 0.6) is 0 Å². The molecular formula is C10H18O4. The Bertz CT molecular complexity index is 193. The van der Waals surface area contributed by atoms with E-state index in [1.807, 2.05) is 0 Å². The van der Waals surface area contributed by atoms with Crippen molar-refractivity contribution in [3.63, 3.8) is 0 Å². The summed E-state index contributed by atoms with van der Waals surface area (Å²) in [5.74, 6) is -0.899. The molecule has 0 aliphatic heterocycles. The molecule has 0 aromatic heterocycles. The summed E-state index contributed by atoms with van der Waals surface area (Å²) in [6.45, 7) is 1.57. The van der Waals surface area contributed by atoms with Crippen molar-refractivity contribution in [2.75, 3.05) is 7.11 Å². The number of rotatable bonds is 4. The summed E-state index contributed by atoms with van der Waals surface area (Å²) in [5.41, 5.74) is 0.